The summed E-state index contributed by atoms with van der Waals surface area (Å²) in [5.41, 5.74) is 0. The molecular weight excluding hydrogens is 871 g/mol. The van der Waals surface area contributed by atoms with Crippen LogP contribution in [0.2, 0.25) is 0 Å². The zero-order valence-electron chi connectivity index (χ0n) is 44.0. The molecule has 1 amide bonds. The van der Waals surface area contributed by atoms with Gasteiger partial charge in [-0.3, -0.25) is 9.59 Å². The fourth-order valence-corrected chi connectivity index (χ4v) is 8.58. The Bertz CT molecular complexity index is 1290. The number of carbonyl (C=O) groups is 2. The van der Waals surface area contributed by atoms with Crippen molar-refractivity contribution in [1.29, 1.82) is 0 Å². The molecule has 1 rings (SSSR count). The normalized spacial score (nSPS) is 19.7. The molecule has 1 saturated heterocycles. The Hall–Kier alpha value is -2.38. The van der Waals surface area contributed by atoms with Crippen LogP contribution in [0.5, 0.6) is 0 Å². The lowest BCUT2D eigenvalue weighted by atomic mass is 9.99. The van der Waals surface area contributed by atoms with E-state index >= 15 is 0 Å². The number of amides is 1. The van der Waals surface area contributed by atoms with E-state index in [-0.39, 0.29) is 18.5 Å². The van der Waals surface area contributed by atoms with Crippen LogP contribution in [0.15, 0.2) is 48.6 Å². The molecule has 0 radical (unpaired) electrons. The molecule has 0 aromatic carbocycles. The fourth-order valence-electron chi connectivity index (χ4n) is 8.58. The second kappa shape index (κ2) is 47.9. The van der Waals surface area contributed by atoms with Crippen molar-refractivity contribution >= 4 is 11.9 Å². The number of hydrogen-bond donors (Lipinski definition) is 6. The standard InChI is InChI=1S/C58H105NO10/c1-3-5-7-9-11-13-15-16-18-21-25-28-32-36-40-44-51(61)50(49-68-58-57(66)56(65)55(64)52(48-60)69-58)59-53(62)45-41-37-33-29-26-22-19-17-20-23-27-31-35-39-43-47-67-54(63)46-42-38-34-30-24-14-12-10-8-6-4-2/h15-16,20,23,25,28,40,44,50-52,55-58,60-61,64-66H,3-14,17-19,21-22,24,26-27,29-39,41-43,45-49H2,1-2H3,(H,59,62)/b16-15+,23-20-,28-25+,44-40+. The predicted molar refractivity (Wildman–Crippen MR) is 283 cm³/mol. The van der Waals surface area contributed by atoms with Gasteiger partial charge in [-0.25, -0.2) is 0 Å². The maximum absolute atomic E-state index is 13.0. The highest BCUT2D eigenvalue weighted by Gasteiger charge is 2.44. The van der Waals surface area contributed by atoms with Crippen LogP contribution in [0.3, 0.4) is 0 Å². The fraction of sp³-hybridized carbons (Fsp3) is 0.828. The van der Waals surface area contributed by atoms with Gasteiger partial charge in [0.05, 0.1) is 32.0 Å². The van der Waals surface area contributed by atoms with Crippen LogP contribution < -0.4 is 5.32 Å². The average molecular weight is 976 g/mol. The van der Waals surface area contributed by atoms with Gasteiger partial charge in [-0.15, -0.1) is 0 Å². The van der Waals surface area contributed by atoms with Gasteiger partial charge in [0.1, 0.15) is 24.4 Å². The maximum atomic E-state index is 13.0. The van der Waals surface area contributed by atoms with Gasteiger partial charge in [-0.2, -0.15) is 0 Å². The lowest BCUT2D eigenvalue weighted by molar-refractivity contribution is -0.302. The van der Waals surface area contributed by atoms with E-state index in [9.17, 15) is 35.1 Å². The van der Waals surface area contributed by atoms with Crippen molar-refractivity contribution in [2.75, 3.05) is 19.8 Å². The SMILES string of the molecule is CCCCCCC/C=C/CC/C=C/CC/C=C/C(O)C(COC1OC(CO)C(O)C(O)C1O)NC(=O)CCCCCCCCC/C=C\CCCCCCOC(=O)CCCCCCCCCCCCC. The summed E-state index contributed by atoms with van der Waals surface area (Å²) in [6.07, 6.45) is 49.0. The molecule has 0 aliphatic carbocycles. The summed E-state index contributed by atoms with van der Waals surface area (Å²) in [6, 6.07) is -0.846. The van der Waals surface area contributed by atoms with Gasteiger partial charge in [0.15, 0.2) is 6.29 Å². The lowest BCUT2D eigenvalue weighted by Gasteiger charge is -2.40. The molecule has 1 aliphatic rings. The molecular formula is C58H105NO10. The number of nitrogens with one attached hydrogen (secondary N) is 1. The first-order chi connectivity index (χ1) is 33.7. The molecule has 0 aromatic rings. The van der Waals surface area contributed by atoms with E-state index in [2.05, 4.69) is 55.6 Å². The van der Waals surface area contributed by atoms with Gasteiger partial charge in [-0.05, 0) is 83.5 Å². The molecule has 0 spiro atoms. The molecule has 6 N–H and O–H groups in total. The molecule has 11 heteroatoms. The van der Waals surface area contributed by atoms with Crippen molar-refractivity contribution in [3.05, 3.63) is 48.6 Å². The number of unbranched alkanes of at least 4 members (excludes halogenated alkanes) is 28. The van der Waals surface area contributed by atoms with Gasteiger partial charge in [0.25, 0.3) is 0 Å². The third kappa shape index (κ3) is 38.0. The molecule has 0 bridgehead atoms. The third-order valence-electron chi connectivity index (χ3n) is 13.1. The highest BCUT2D eigenvalue weighted by atomic mass is 16.7. The average Bonchev–Trinajstić information content (AvgIpc) is 3.34. The van der Waals surface area contributed by atoms with Gasteiger partial charge in [0.2, 0.25) is 5.91 Å². The second-order valence-corrected chi connectivity index (χ2v) is 19.6. The Morgan fingerprint density at radius 1 is 0.522 bits per heavy atom. The summed E-state index contributed by atoms with van der Waals surface area (Å²) in [5, 5.41) is 54.3. The first kappa shape index (κ1) is 64.6. The molecule has 11 nitrogen and oxygen atoms in total. The Morgan fingerprint density at radius 3 is 1.43 bits per heavy atom. The van der Waals surface area contributed by atoms with Crippen LogP contribution in [0.4, 0.5) is 0 Å². The Kier molecular flexibility index (Phi) is 44.9. The van der Waals surface area contributed by atoms with Crippen molar-refractivity contribution < 1.29 is 49.3 Å². The summed E-state index contributed by atoms with van der Waals surface area (Å²) in [6.45, 7) is 4.25. The van der Waals surface area contributed by atoms with E-state index in [1.165, 1.54) is 122 Å². The number of aliphatic hydroxyl groups is 5. The lowest BCUT2D eigenvalue weighted by Crippen LogP contribution is -2.60. The Balaban J connectivity index is 2.21. The van der Waals surface area contributed by atoms with Crippen molar-refractivity contribution in [3.8, 4) is 0 Å². The molecule has 1 heterocycles. The molecule has 1 fully saturated rings. The van der Waals surface area contributed by atoms with E-state index in [0.717, 1.165) is 89.9 Å². The van der Waals surface area contributed by atoms with Crippen LogP contribution in [0.1, 0.15) is 245 Å². The van der Waals surface area contributed by atoms with E-state index in [0.29, 0.717) is 25.9 Å². The Labute approximate surface area is 421 Å². The molecule has 1 aliphatic heterocycles. The smallest absolute Gasteiger partial charge is 0.305 e. The van der Waals surface area contributed by atoms with Crippen molar-refractivity contribution in [1.82, 2.24) is 5.32 Å². The quantitative estimate of drug-likeness (QED) is 0.0196. The summed E-state index contributed by atoms with van der Waals surface area (Å²) >= 11 is 0. The zero-order chi connectivity index (χ0) is 50.3. The van der Waals surface area contributed by atoms with Gasteiger partial charge in [0, 0.05) is 12.8 Å². The topological polar surface area (TPSA) is 175 Å². The van der Waals surface area contributed by atoms with Crippen LogP contribution in [-0.4, -0.2) is 100 Å². The highest BCUT2D eigenvalue weighted by Crippen LogP contribution is 2.23. The summed E-state index contributed by atoms with van der Waals surface area (Å²) in [7, 11) is 0. The number of esters is 1. The van der Waals surface area contributed by atoms with Crippen molar-refractivity contribution in [2.45, 2.75) is 288 Å². The van der Waals surface area contributed by atoms with Gasteiger partial charge >= 0.3 is 5.97 Å². The summed E-state index contributed by atoms with van der Waals surface area (Å²) in [4.78, 5) is 25.0. The van der Waals surface area contributed by atoms with E-state index in [1.807, 2.05) is 6.08 Å². The minimum atomic E-state index is -1.59. The first-order valence-electron chi connectivity index (χ1n) is 28.4. The highest BCUT2D eigenvalue weighted by molar-refractivity contribution is 5.76. The van der Waals surface area contributed by atoms with Crippen molar-refractivity contribution in [3.63, 3.8) is 0 Å². The number of rotatable bonds is 48. The monoisotopic (exact) mass is 976 g/mol. The number of hydrogen-bond acceptors (Lipinski definition) is 10. The minimum Gasteiger partial charge on any atom is -0.466 e. The number of carbonyl (C=O) groups excluding carboxylic acids is 2. The van der Waals surface area contributed by atoms with Gasteiger partial charge in [-0.1, -0.05) is 197 Å². The van der Waals surface area contributed by atoms with E-state index in [4.69, 9.17) is 14.2 Å². The van der Waals surface area contributed by atoms with Crippen LogP contribution >= 0.6 is 0 Å². The first-order valence-corrected chi connectivity index (χ1v) is 28.4. The largest absolute Gasteiger partial charge is 0.466 e. The molecule has 402 valence electrons. The molecule has 0 saturated carbocycles. The summed E-state index contributed by atoms with van der Waals surface area (Å²) < 4.78 is 16.7. The van der Waals surface area contributed by atoms with Crippen LogP contribution in [0.25, 0.3) is 0 Å². The number of allylic oxidation sites excluding steroid dienone is 7. The minimum absolute atomic E-state index is 0.0316. The summed E-state index contributed by atoms with van der Waals surface area (Å²) in [5.74, 6) is -0.244. The Morgan fingerprint density at radius 2 is 0.942 bits per heavy atom. The maximum Gasteiger partial charge on any atom is 0.305 e. The third-order valence-corrected chi connectivity index (χ3v) is 13.1. The molecule has 7 unspecified atom stereocenters. The molecule has 69 heavy (non-hydrogen) atoms. The van der Waals surface area contributed by atoms with E-state index in [1.54, 1.807) is 6.08 Å². The van der Waals surface area contributed by atoms with E-state index < -0.39 is 49.5 Å². The zero-order valence-corrected chi connectivity index (χ0v) is 44.0. The molecule has 0 aromatic heterocycles. The number of aliphatic hydroxyl groups excluding tert-OH is 5. The van der Waals surface area contributed by atoms with Crippen molar-refractivity contribution in [2.24, 2.45) is 0 Å². The second-order valence-electron chi connectivity index (χ2n) is 19.6. The predicted octanol–water partition coefficient (Wildman–Crippen LogP) is 12.5. The van der Waals surface area contributed by atoms with Gasteiger partial charge < -0.3 is 45.1 Å². The van der Waals surface area contributed by atoms with Crippen LogP contribution in [0, 0.1) is 0 Å². The van der Waals surface area contributed by atoms with Crippen LogP contribution in [-0.2, 0) is 23.8 Å². The number of ether oxygens (including phenoxy) is 3. The molecule has 7 atom stereocenters.